The summed E-state index contributed by atoms with van der Waals surface area (Å²) in [6.45, 7) is 9.05. The molecule has 0 fully saturated rings. The Morgan fingerprint density at radius 1 is 0.911 bits per heavy atom. The van der Waals surface area contributed by atoms with Crippen LogP contribution in [-0.4, -0.2) is 77.5 Å². The molecular formula is C33H46N4O8. The lowest BCUT2D eigenvalue weighted by Crippen LogP contribution is -2.46. The first-order valence-electron chi connectivity index (χ1n) is 15.3. The molecule has 1 aromatic carbocycles. The van der Waals surface area contributed by atoms with Gasteiger partial charge in [-0.25, -0.2) is 4.79 Å². The molecule has 2 rings (SSSR count). The Morgan fingerprint density at radius 2 is 1.56 bits per heavy atom. The van der Waals surface area contributed by atoms with Crippen LogP contribution in [0.2, 0.25) is 0 Å². The van der Waals surface area contributed by atoms with Gasteiger partial charge >= 0.3 is 6.09 Å². The van der Waals surface area contributed by atoms with Crippen LogP contribution < -0.4 is 16.0 Å². The maximum atomic E-state index is 13.5. The maximum absolute atomic E-state index is 13.5. The highest BCUT2D eigenvalue weighted by Gasteiger charge is 2.29. The summed E-state index contributed by atoms with van der Waals surface area (Å²) >= 11 is 0. The fraction of sp³-hybridized carbons (Fsp3) is 0.545. The van der Waals surface area contributed by atoms with Gasteiger partial charge < -0.3 is 20.7 Å². The van der Waals surface area contributed by atoms with Crippen molar-refractivity contribution in [1.29, 1.82) is 0 Å². The Morgan fingerprint density at radius 3 is 2.16 bits per heavy atom. The van der Waals surface area contributed by atoms with Crippen LogP contribution in [0.4, 0.5) is 4.79 Å². The summed E-state index contributed by atoms with van der Waals surface area (Å²) in [6, 6.07) is 8.34. The molecule has 1 heterocycles. The van der Waals surface area contributed by atoms with Gasteiger partial charge in [0.25, 0.3) is 11.8 Å². The molecule has 0 aliphatic carbocycles. The maximum Gasteiger partial charge on any atom is 0.408 e. The number of hydrogen-bond donors (Lipinski definition) is 3. The molecule has 2 atom stereocenters. The zero-order chi connectivity index (χ0) is 33.6. The largest absolute Gasteiger partial charge is 0.444 e. The van der Waals surface area contributed by atoms with Gasteiger partial charge in [-0.05, 0) is 51.5 Å². The average Bonchev–Trinajstić information content (AvgIpc) is 3.28. The first-order chi connectivity index (χ1) is 21.1. The molecule has 1 aliphatic heterocycles. The van der Waals surface area contributed by atoms with Crippen molar-refractivity contribution in [2.24, 2.45) is 11.8 Å². The second kappa shape index (κ2) is 17.8. The minimum atomic E-state index is -0.849. The third-order valence-electron chi connectivity index (χ3n) is 6.79. The van der Waals surface area contributed by atoms with Crippen molar-refractivity contribution in [1.82, 2.24) is 20.9 Å². The third kappa shape index (κ3) is 14.3. The zero-order valence-corrected chi connectivity index (χ0v) is 26.9. The molecule has 12 heteroatoms. The van der Waals surface area contributed by atoms with Crippen molar-refractivity contribution in [3.8, 4) is 0 Å². The van der Waals surface area contributed by atoms with Crippen molar-refractivity contribution in [2.75, 3.05) is 19.6 Å². The number of alkyl carbamates (subject to hydrolysis) is 1. The molecular weight excluding hydrogens is 580 g/mol. The van der Waals surface area contributed by atoms with E-state index in [0.29, 0.717) is 12.8 Å². The van der Waals surface area contributed by atoms with Gasteiger partial charge in [0.2, 0.25) is 11.8 Å². The van der Waals surface area contributed by atoms with E-state index < -0.39 is 29.6 Å². The van der Waals surface area contributed by atoms with Crippen LogP contribution in [0.15, 0.2) is 42.5 Å². The topological polar surface area (TPSA) is 168 Å². The van der Waals surface area contributed by atoms with Crippen LogP contribution in [0.3, 0.4) is 0 Å². The lowest BCUT2D eigenvalue weighted by Gasteiger charge is -2.23. The molecule has 0 spiro atoms. The molecule has 1 aliphatic rings. The summed E-state index contributed by atoms with van der Waals surface area (Å²) in [4.78, 5) is 88.2. The van der Waals surface area contributed by atoms with Crippen LogP contribution in [0.25, 0.3) is 0 Å². The minimum Gasteiger partial charge on any atom is -0.444 e. The summed E-state index contributed by atoms with van der Waals surface area (Å²) in [7, 11) is 0. The fourth-order valence-corrected chi connectivity index (χ4v) is 4.64. The van der Waals surface area contributed by atoms with E-state index in [4.69, 9.17) is 4.74 Å². The first-order valence-corrected chi connectivity index (χ1v) is 15.3. The highest BCUT2D eigenvalue weighted by Crippen LogP contribution is 2.16. The number of rotatable bonds is 18. The average molecular weight is 627 g/mol. The number of carbonyl (C=O) groups excluding carboxylic acids is 7. The number of carbonyl (C=O) groups is 7. The van der Waals surface area contributed by atoms with E-state index in [-0.39, 0.29) is 80.5 Å². The fourth-order valence-electron chi connectivity index (χ4n) is 4.64. The summed E-state index contributed by atoms with van der Waals surface area (Å²) in [5.74, 6) is -3.00. The van der Waals surface area contributed by atoms with Crippen molar-refractivity contribution in [3.05, 3.63) is 48.0 Å². The standard InChI is InChI=1S/C33H46N4O8/c1-22(2)18-26(27(39)12-13-28(40)34-16-9-17-37-29(41)14-15-30(37)42)36-31(43)24(19-23-10-7-6-8-11-23)20-25(38)21-35-32(44)45-33(3,4)5/h6-8,10-11,14-15,22,24,26H,9,12-13,16-21H2,1-5H3,(H,34,40)(H,35,44)(H,36,43)/t24-,26+/m1/s1. The SMILES string of the molecule is CC(C)C[C@H](NC(=O)[C@@H](CC(=O)CNC(=O)OC(C)(C)C)Cc1ccccc1)C(=O)CCC(=O)NCCCN1C(=O)C=CC1=O. The van der Waals surface area contributed by atoms with Gasteiger partial charge in [-0.1, -0.05) is 44.2 Å². The molecule has 3 N–H and O–H groups in total. The van der Waals surface area contributed by atoms with E-state index in [1.807, 2.05) is 44.2 Å². The van der Waals surface area contributed by atoms with Gasteiger partial charge in [0.1, 0.15) is 5.60 Å². The molecule has 5 amide bonds. The summed E-state index contributed by atoms with van der Waals surface area (Å²) in [6.07, 6.45) is 2.29. The first kappa shape index (κ1) is 36.8. The second-order valence-electron chi connectivity index (χ2n) is 12.5. The van der Waals surface area contributed by atoms with E-state index in [1.54, 1.807) is 20.8 Å². The van der Waals surface area contributed by atoms with Crippen LogP contribution in [0.5, 0.6) is 0 Å². The summed E-state index contributed by atoms with van der Waals surface area (Å²) in [5, 5.41) is 7.94. The smallest absolute Gasteiger partial charge is 0.408 e. The number of hydrogen-bond acceptors (Lipinski definition) is 8. The summed E-state index contributed by atoms with van der Waals surface area (Å²) < 4.78 is 5.17. The predicted octanol–water partition coefficient (Wildman–Crippen LogP) is 2.64. The van der Waals surface area contributed by atoms with Gasteiger partial charge in [0, 0.05) is 50.4 Å². The number of nitrogens with one attached hydrogen (secondary N) is 3. The predicted molar refractivity (Wildman–Crippen MR) is 167 cm³/mol. The number of amides is 5. The lowest BCUT2D eigenvalue weighted by atomic mass is 9.91. The molecule has 246 valence electrons. The Hall–Kier alpha value is -4.35. The highest BCUT2D eigenvalue weighted by molar-refractivity contribution is 6.12. The number of ether oxygens (including phenoxy) is 1. The van der Waals surface area contributed by atoms with E-state index in [0.717, 1.165) is 10.5 Å². The number of Topliss-reactive ketones (excluding diaryl/α,β-unsaturated/α-hetero) is 2. The second-order valence-corrected chi connectivity index (χ2v) is 12.5. The molecule has 12 nitrogen and oxygen atoms in total. The van der Waals surface area contributed by atoms with Crippen LogP contribution in [0, 0.1) is 11.8 Å². The van der Waals surface area contributed by atoms with E-state index >= 15 is 0 Å². The van der Waals surface area contributed by atoms with E-state index in [1.165, 1.54) is 12.2 Å². The Bertz CT molecular complexity index is 1230. The molecule has 45 heavy (non-hydrogen) atoms. The Labute approximate surface area is 264 Å². The van der Waals surface area contributed by atoms with Gasteiger partial charge in [-0.15, -0.1) is 0 Å². The quantitative estimate of drug-likeness (QED) is 0.165. The van der Waals surface area contributed by atoms with E-state index in [9.17, 15) is 33.6 Å². The normalized spacial score (nSPS) is 14.2. The zero-order valence-electron chi connectivity index (χ0n) is 26.9. The highest BCUT2D eigenvalue weighted by atomic mass is 16.6. The molecule has 0 radical (unpaired) electrons. The number of benzene rings is 1. The van der Waals surface area contributed by atoms with E-state index in [2.05, 4.69) is 16.0 Å². The number of nitrogens with zero attached hydrogens (tertiary/aromatic N) is 1. The number of ketones is 2. The number of imide groups is 1. The Balaban J connectivity index is 1.95. The summed E-state index contributed by atoms with van der Waals surface area (Å²) in [5.41, 5.74) is 0.111. The van der Waals surface area contributed by atoms with Gasteiger partial charge in [-0.2, -0.15) is 0 Å². The molecule has 0 aromatic heterocycles. The minimum absolute atomic E-state index is 0.0609. The molecule has 0 unspecified atom stereocenters. The third-order valence-corrected chi connectivity index (χ3v) is 6.79. The van der Waals surface area contributed by atoms with Crippen molar-refractivity contribution in [3.63, 3.8) is 0 Å². The molecule has 1 aromatic rings. The molecule has 0 saturated carbocycles. The monoisotopic (exact) mass is 626 g/mol. The van der Waals surface area contributed by atoms with Crippen molar-refractivity contribution < 1.29 is 38.3 Å². The Kier molecular flexibility index (Phi) is 14.6. The van der Waals surface area contributed by atoms with Crippen LogP contribution >= 0.6 is 0 Å². The lowest BCUT2D eigenvalue weighted by molar-refractivity contribution is -0.136. The molecule has 0 bridgehead atoms. The van der Waals surface area contributed by atoms with Gasteiger partial charge in [0.05, 0.1) is 12.6 Å². The van der Waals surface area contributed by atoms with Crippen molar-refractivity contribution >= 4 is 41.3 Å². The van der Waals surface area contributed by atoms with Crippen molar-refractivity contribution in [2.45, 2.75) is 84.8 Å². The van der Waals surface area contributed by atoms with Gasteiger partial charge in [-0.3, -0.25) is 33.7 Å². The van der Waals surface area contributed by atoms with Gasteiger partial charge in [0.15, 0.2) is 11.6 Å². The van der Waals surface area contributed by atoms with Crippen LogP contribution in [0.1, 0.15) is 72.3 Å². The molecule has 0 saturated heterocycles. The van der Waals surface area contributed by atoms with Crippen LogP contribution in [-0.2, 0) is 39.9 Å².